The Kier molecular flexibility index (Phi) is 11.0. The van der Waals surface area contributed by atoms with E-state index in [9.17, 15) is 19.5 Å². The lowest BCUT2D eigenvalue weighted by Gasteiger charge is -2.38. The van der Waals surface area contributed by atoms with Gasteiger partial charge in [-0.25, -0.2) is 0 Å². The number of carbonyl (C=O) groups excluding carboxylic acids is 2. The van der Waals surface area contributed by atoms with Gasteiger partial charge in [0, 0.05) is 7.05 Å². The van der Waals surface area contributed by atoms with E-state index >= 15 is 0 Å². The van der Waals surface area contributed by atoms with Gasteiger partial charge in [0.25, 0.3) is 0 Å². The number of aliphatic carboxylic acids is 1. The summed E-state index contributed by atoms with van der Waals surface area (Å²) in [6.45, 7) is 12.1. The highest BCUT2D eigenvalue weighted by Gasteiger charge is 2.39. The Morgan fingerprint density at radius 1 is 1.10 bits per heavy atom. The molecule has 0 aliphatic heterocycles. The zero-order valence-corrected chi connectivity index (χ0v) is 20.8. The number of carbonyl (C=O) groups is 3. The van der Waals surface area contributed by atoms with Gasteiger partial charge >= 0.3 is 5.97 Å². The molecule has 0 bridgehead atoms. The van der Waals surface area contributed by atoms with E-state index in [1.807, 2.05) is 20.8 Å². The Labute approximate surface area is 189 Å². The molecular formula is C25H46N2O4. The van der Waals surface area contributed by atoms with Gasteiger partial charge in [0.05, 0.1) is 0 Å². The fourth-order valence-corrected chi connectivity index (χ4v) is 5.14. The number of carboxylic acids is 1. The monoisotopic (exact) mass is 438 g/mol. The van der Waals surface area contributed by atoms with Gasteiger partial charge in [-0.2, -0.15) is 0 Å². The summed E-state index contributed by atoms with van der Waals surface area (Å²) in [6.07, 6.45) is 8.74. The molecule has 0 aromatic carbocycles. The molecule has 0 radical (unpaired) electrons. The van der Waals surface area contributed by atoms with Crippen LogP contribution >= 0.6 is 0 Å². The molecule has 180 valence electrons. The van der Waals surface area contributed by atoms with Crippen LogP contribution in [-0.2, 0) is 14.4 Å². The summed E-state index contributed by atoms with van der Waals surface area (Å²) in [5, 5.41) is 15.2. The zero-order chi connectivity index (χ0) is 23.8. The van der Waals surface area contributed by atoms with Gasteiger partial charge in [0.2, 0.25) is 11.8 Å². The molecule has 0 aromatic rings. The number of nitrogens with one attached hydrogen (secondary N) is 2. The van der Waals surface area contributed by atoms with E-state index in [2.05, 4.69) is 31.4 Å². The fraction of sp³-hybridized carbons (Fsp3) is 0.880. The zero-order valence-electron chi connectivity index (χ0n) is 20.8. The first-order valence-corrected chi connectivity index (χ1v) is 12.2. The van der Waals surface area contributed by atoms with Crippen LogP contribution in [0.25, 0.3) is 0 Å². The number of hydrogen-bond donors (Lipinski definition) is 3. The highest BCUT2D eigenvalue weighted by atomic mass is 16.4. The first-order valence-electron chi connectivity index (χ1n) is 12.2. The van der Waals surface area contributed by atoms with Gasteiger partial charge in [0.15, 0.2) is 0 Å². The summed E-state index contributed by atoms with van der Waals surface area (Å²) < 4.78 is 0. The van der Waals surface area contributed by atoms with E-state index in [-0.39, 0.29) is 11.8 Å². The topological polar surface area (TPSA) is 95.5 Å². The van der Waals surface area contributed by atoms with Crippen molar-refractivity contribution in [2.75, 3.05) is 7.05 Å². The maximum Gasteiger partial charge on any atom is 0.316 e. The molecule has 6 nitrogen and oxygen atoms in total. The van der Waals surface area contributed by atoms with Gasteiger partial charge in [0.1, 0.15) is 12.0 Å². The fourth-order valence-electron chi connectivity index (χ4n) is 5.14. The predicted octanol–water partition coefficient (Wildman–Crippen LogP) is 4.62. The molecule has 1 aliphatic carbocycles. The van der Waals surface area contributed by atoms with Crippen LogP contribution in [0, 0.1) is 35.0 Å². The lowest BCUT2D eigenvalue weighted by atomic mass is 9.68. The lowest BCUT2D eigenvalue weighted by molar-refractivity contribution is -0.149. The third-order valence-electron chi connectivity index (χ3n) is 7.03. The van der Waals surface area contributed by atoms with Crippen LogP contribution in [0.2, 0.25) is 0 Å². The van der Waals surface area contributed by atoms with E-state index in [4.69, 9.17) is 0 Å². The Balaban J connectivity index is 2.97. The number of hydrogen-bond acceptors (Lipinski definition) is 3. The Bertz CT molecular complexity index is 597. The highest BCUT2D eigenvalue weighted by Crippen LogP contribution is 2.41. The molecule has 1 fully saturated rings. The summed E-state index contributed by atoms with van der Waals surface area (Å²) in [4.78, 5) is 37.4. The number of amides is 2. The summed E-state index contributed by atoms with van der Waals surface area (Å²) in [6, 6.07) is -0.780. The average Bonchev–Trinajstić information content (AvgIpc) is 2.69. The van der Waals surface area contributed by atoms with Crippen molar-refractivity contribution < 1.29 is 19.5 Å². The average molecular weight is 439 g/mol. The highest BCUT2D eigenvalue weighted by molar-refractivity contribution is 5.99. The van der Waals surface area contributed by atoms with Gasteiger partial charge < -0.3 is 15.7 Å². The number of unbranched alkanes of at least 4 members (excludes halogenated alkanes) is 1. The van der Waals surface area contributed by atoms with Crippen molar-refractivity contribution in [2.45, 2.75) is 99.0 Å². The normalized spacial score (nSPS) is 22.5. The van der Waals surface area contributed by atoms with Crippen LogP contribution in [-0.4, -0.2) is 36.0 Å². The molecule has 5 atom stereocenters. The lowest BCUT2D eigenvalue weighted by Crippen LogP contribution is -2.55. The molecule has 3 N–H and O–H groups in total. The van der Waals surface area contributed by atoms with Crippen LogP contribution in [0.5, 0.6) is 0 Å². The van der Waals surface area contributed by atoms with Crippen molar-refractivity contribution in [1.82, 2.24) is 10.6 Å². The minimum absolute atomic E-state index is 0.185. The summed E-state index contributed by atoms with van der Waals surface area (Å²) in [5.41, 5.74) is -0.522. The second kappa shape index (κ2) is 12.4. The summed E-state index contributed by atoms with van der Waals surface area (Å²) in [7, 11) is 1.52. The molecule has 1 aliphatic rings. The summed E-state index contributed by atoms with van der Waals surface area (Å²) >= 11 is 0. The van der Waals surface area contributed by atoms with E-state index in [0.29, 0.717) is 18.3 Å². The van der Waals surface area contributed by atoms with Gasteiger partial charge in [-0.3, -0.25) is 14.4 Å². The third kappa shape index (κ3) is 8.46. The van der Waals surface area contributed by atoms with E-state index < -0.39 is 29.3 Å². The minimum atomic E-state index is -1.14. The molecule has 0 saturated heterocycles. The van der Waals surface area contributed by atoms with E-state index in [0.717, 1.165) is 18.8 Å². The van der Waals surface area contributed by atoms with Crippen LogP contribution in [0.1, 0.15) is 92.9 Å². The molecule has 3 unspecified atom stereocenters. The van der Waals surface area contributed by atoms with Crippen LogP contribution in [0.4, 0.5) is 0 Å². The Hall–Kier alpha value is -1.59. The van der Waals surface area contributed by atoms with Crippen LogP contribution in [0.3, 0.4) is 0 Å². The van der Waals surface area contributed by atoms with Gasteiger partial charge in [-0.15, -0.1) is 0 Å². The quantitative estimate of drug-likeness (QED) is 0.410. The van der Waals surface area contributed by atoms with E-state index in [1.165, 1.54) is 39.2 Å². The molecule has 0 heterocycles. The second-order valence-corrected chi connectivity index (χ2v) is 10.9. The Morgan fingerprint density at radius 2 is 1.74 bits per heavy atom. The van der Waals surface area contributed by atoms with E-state index in [1.54, 1.807) is 0 Å². The first-order chi connectivity index (χ1) is 14.4. The smallest absolute Gasteiger partial charge is 0.316 e. The van der Waals surface area contributed by atoms with Crippen molar-refractivity contribution in [3.8, 4) is 0 Å². The maximum atomic E-state index is 13.0. The van der Waals surface area contributed by atoms with Crippen molar-refractivity contribution >= 4 is 17.8 Å². The number of rotatable bonds is 11. The third-order valence-corrected chi connectivity index (χ3v) is 7.03. The van der Waals surface area contributed by atoms with Gasteiger partial charge in [-0.1, -0.05) is 80.1 Å². The molecular weight excluding hydrogens is 392 g/mol. The maximum absolute atomic E-state index is 13.0. The Morgan fingerprint density at radius 3 is 2.23 bits per heavy atom. The number of carboxylic acid groups (broad SMARTS) is 1. The molecule has 1 rings (SSSR count). The molecule has 31 heavy (non-hydrogen) atoms. The first kappa shape index (κ1) is 27.4. The van der Waals surface area contributed by atoms with Crippen LogP contribution in [0.15, 0.2) is 0 Å². The SMILES string of the molecule is CCCCC1CCCC(C(C[C@H](C(=O)O)C(=O)N[C@H](C(=O)NC)C(C)(C)C)C(C)C)C1. The molecule has 0 spiro atoms. The van der Waals surface area contributed by atoms with Crippen molar-refractivity contribution in [2.24, 2.45) is 35.0 Å². The molecule has 6 heteroatoms. The molecule has 0 aromatic heterocycles. The number of likely N-dealkylation sites (N-methyl/N-ethyl adjacent to an activating group) is 1. The van der Waals surface area contributed by atoms with Crippen molar-refractivity contribution in [3.63, 3.8) is 0 Å². The van der Waals surface area contributed by atoms with Crippen molar-refractivity contribution in [1.29, 1.82) is 0 Å². The summed E-state index contributed by atoms with van der Waals surface area (Å²) in [5.74, 6) is -1.44. The molecule has 1 saturated carbocycles. The molecule has 2 amide bonds. The largest absolute Gasteiger partial charge is 0.481 e. The van der Waals surface area contributed by atoms with Crippen LogP contribution < -0.4 is 10.6 Å². The van der Waals surface area contributed by atoms with Gasteiger partial charge in [-0.05, 0) is 41.9 Å². The second-order valence-electron chi connectivity index (χ2n) is 10.9. The van der Waals surface area contributed by atoms with Crippen molar-refractivity contribution in [3.05, 3.63) is 0 Å². The predicted molar refractivity (Wildman–Crippen MR) is 124 cm³/mol. The minimum Gasteiger partial charge on any atom is -0.481 e. The standard InChI is InChI=1S/C25H46N2O4/c1-8-9-11-17-12-10-13-18(14-17)19(16(2)3)15-20(24(30)31)22(28)27-21(23(29)26-7)25(4,5)6/h16-21H,8-15H2,1-7H3,(H,26,29)(H,27,28)(H,30,31)/t17?,18?,19?,20-,21+/m0/s1.